The van der Waals surface area contributed by atoms with Gasteiger partial charge in [0.15, 0.2) is 0 Å². The van der Waals surface area contributed by atoms with Gasteiger partial charge in [0.1, 0.15) is 5.69 Å². The molecule has 0 saturated carbocycles. The van der Waals surface area contributed by atoms with Crippen molar-refractivity contribution < 1.29 is 5.11 Å². The monoisotopic (exact) mass is 292 g/mol. The second-order valence-corrected chi connectivity index (χ2v) is 5.82. The van der Waals surface area contributed by atoms with Crippen molar-refractivity contribution in [3.05, 3.63) is 60.2 Å². The van der Waals surface area contributed by atoms with Crippen molar-refractivity contribution >= 4 is 0 Å². The van der Waals surface area contributed by atoms with E-state index >= 15 is 0 Å². The minimum absolute atomic E-state index is 0.0988. The summed E-state index contributed by atoms with van der Waals surface area (Å²) in [6, 6.07) is 18.3. The van der Waals surface area contributed by atoms with Gasteiger partial charge in [-0.1, -0.05) is 60.2 Å². The zero-order valence-corrected chi connectivity index (χ0v) is 13.1. The van der Waals surface area contributed by atoms with Crippen molar-refractivity contribution in [3.8, 4) is 28.3 Å². The summed E-state index contributed by atoms with van der Waals surface area (Å²) in [5.74, 6) is 0.220. The average Bonchev–Trinajstić information content (AvgIpc) is 2.87. The molecule has 0 atom stereocenters. The van der Waals surface area contributed by atoms with Crippen molar-refractivity contribution in [2.45, 2.75) is 26.8 Å². The molecule has 2 aromatic carbocycles. The number of hydrogen-bond acceptors (Lipinski definition) is 2. The summed E-state index contributed by atoms with van der Waals surface area (Å²) < 4.78 is 1.68. The van der Waals surface area contributed by atoms with Crippen molar-refractivity contribution in [1.29, 1.82) is 0 Å². The predicted molar refractivity (Wildman–Crippen MR) is 89.9 cm³/mol. The maximum Gasteiger partial charge on any atom is 0.218 e. The van der Waals surface area contributed by atoms with Gasteiger partial charge in [-0.05, 0) is 26.3 Å². The number of rotatable bonds is 3. The third-order valence-electron chi connectivity index (χ3n) is 3.76. The van der Waals surface area contributed by atoms with Gasteiger partial charge >= 0.3 is 0 Å². The van der Waals surface area contributed by atoms with Crippen LogP contribution in [0.3, 0.4) is 0 Å². The van der Waals surface area contributed by atoms with E-state index < -0.39 is 0 Å². The normalized spacial score (nSPS) is 11.1. The first-order chi connectivity index (χ1) is 10.6. The smallest absolute Gasteiger partial charge is 0.218 e. The molecule has 0 spiro atoms. The van der Waals surface area contributed by atoms with Gasteiger partial charge in [-0.25, -0.2) is 4.68 Å². The van der Waals surface area contributed by atoms with Gasteiger partial charge in [0, 0.05) is 5.56 Å². The van der Waals surface area contributed by atoms with Crippen LogP contribution in [0.4, 0.5) is 0 Å². The molecule has 3 heteroatoms. The lowest BCUT2D eigenvalue weighted by Gasteiger charge is -2.07. The lowest BCUT2D eigenvalue weighted by atomic mass is 10.0. The molecule has 3 nitrogen and oxygen atoms in total. The van der Waals surface area contributed by atoms with E-state index in [1.807, 2.05) is 56.3 Å². The third kappa shape index (κ3) is 2.50. The van der Waals surface area contributed by atoms with E-state index in [1.54, 1.807) is 4.68 Å². The van der Waals surface area contributed by atoms with Crippen LogP contribution in [-0.2, 0) is 0 Å². The highest BCUT2D eigenvalue weighted by molar-refractivity contribution is 5.84. The molecule has 1 heterocycles. The van der Waals surface area contributed by atoms with Gasteiger partial charge in [-0.2, -0.15) is 5.10 Å². The first-order valence-corrected chi connectivity index (χ1v) is 7.52. The Balaban J connectivity index is 2.25. The molecule has 22 heavy (non-hydrogen) atoms. The molecule has 0 saturated heterocycles. The summed E-state index contributed by atoms with van der Waals surface area (Å²) in [5.41, 5.74) is 4.79. The molecule has 0 aliphatic heterocycles. The number of aromatic nitrogens is 2. The SMILES string of the molecule is Cc1ccc(-c2c(-c3ccccc3)nn(C(C)C)c2O)cc1. The van der Waals surface area contributed by atoms with Crippen LogP contribution in [-0.4, -0.2) is 14.9 Å². The topological polar surface area (TPSA) is 38.0 Å². The minimum Gasteiger partial charge on any atom is -0.493 e. The third-order valence-corrected chi connectivity index (χ3v) is 3.76. The van der Waals surface area contributed by atoms with Crippen LogP contribution < -0.4 is 0 Å². The number of aryl methyl sites for hydroxylation is 1. The molecule has 112 valence electrons. The van der Waals surface area contributed by atoms with Crippen molar-refractivity contribution in [1.82, 2.24) is 9.78 Å². The Kier molecular flexibility index (Phi) is 3.72. The van der Waals surface area contributed by atoms with E-state index in [1.165, 1.54) is 5.56 Å². The van der Waals surface area contributed by atoms with E-state index in [0.29, 0.717) is 0 Å². The lowest BCUT2D eigenvalue weighted by Crippen LogP contribution is -2.01. The van der Waals surface area contributed by atoms with Crippen LogP contribution in [0.2, 0.25) is 0 Å². The second kappa shape index (κ2) is 5.68. The highest BCUT2D eigenvalue weighted by Gasteiger charge is 2.21. The number of hydrogen-bond donors (Lipinski definition) is 1. The van der Waals surface area contributed by atoms with Crippen LogP contribution in [0, 0.1) is 6.92 Å². The van der Waals surface area contributed by atoms with E-state index in [2.05, 4.69) is 24.2 Å². The molecule has 0 aliphatic rings. The van der Waals surface area contributed by atoms with Gasteiger partial charge in [-0.3, -0.25) is 0 Å². The van der Waals surface area contributed by atoms with Crippen molar-refractivity contribution in [3.63, 3.8) is 0 Å². The van der Waals surface area contributed by atoms with Gasteiger partial charge in [-0.15, -0.1) is 0 Å². The Hall–Kier alpha value is -2.55. The zero-order valence-electron chi connectivity index (χ0n) is 13.1. The second-order valence-electron chi connectivity index (χ2n) is 5.82. The molecular weight excluding hydrogens is 272 g/mol. The first-order valence-electron chi connectivity index (χ1n) is 7.52. The molecule has 1 N–H and O–H groups in total. The number of aromatic hydroxyl groups is 1. The summed E-state index contributed by atoms with van der Waals surface area (Å²) in [6.07, 6.45) is 0. The molecule has 0 amide bonds. The fourth-order valence-electron chi connectivity index (χ4n) is 2.57. The highest BCUT2D eigenvalue weighted by Crippen LogP contribution is 2.39. The number of benzene rings is 2. The Morgan fingerprint density at radius 2 is 1.55 bits per heavy atom. The fraction of sp³-hybridized carbons (Fsp3) is 0.211. The molecule has 0 radical (unpaired) electrons. The van der Waals surface area contributed by atoms with Crippen LogP contribution in [0.15, 0.2) is 54.6 Å². The number of nitrogens with zero attached hydrogens (tertiary/aromatic N) is 2. The maximum absolute atomic E-state index is 10.7. The van der Waals surface area contributed by atoms with Crippen molar-refractivity contribution in [2.24, 2.45) is 0 Å². The van der Waals surface area contributed by atoms with Gasteiger partial charge in [0.2, 0.25) is 5.88 Å². The maximum atomic E-state index is 10.7. The van der Waals surface area contributed by atoms with Gasteiger partial charge < -0.3 is 5.11 Å². The summed E-state index contributed by atoms with van der Waals surface area (Å²) in [5, 5.41) is 15.3. The molecule has 3 aromatic rings. The summed E-state index contributed by atoms with van der Waals surface area (Å²) in [4.78, 5) is 0. The summed E-state index contributed by atoms with van der Waals surface area (Å²) in [7, 11) is 0. The largest absolute Gasteiger partial charge is 0.493 e. The standard InChI is InChI=1S/C19H20N2O/c1-13(2)21-19(22)17(15-11-9-14(3)10-12-15)18(20-21)16-7-5-4-6-8-16/h4-13,22H,1-3H3. The average molecular weight is 292 g/mol. The van der Waals surface area contributed by atoms with Crippen molar-refractivity contribution in [2.75, 3.05) is 0 Å². The Morgan fingerprint density at radius 1 is 0.909 bits per heavy atom. The molecule has 0 bridgehead atoms. The minimum atomic E-state index is 0.0988. The fourth-order valence-corrected chi connectivity index (χ4v) is 2.57. The van der Waals surface area contributed by atoms with Crippen LogP contribution in [0.1, 0.15) is 25.5 Å². The first kappa shape index (κ1) is 14.4. The molecular formula is C19H20N2O. The molecule has 0 aliphatic carbocycles. The van der Waals surface area contributed by atoms with E-state index in [9.17, 15) is 5.11 Å². The quantitative estimate of drug-likeness (QED) is 0.752. The van der Waals surface area contributed by atoms with Crippen LogP contribution >= 0.6 is 0 Å². The molecule has 3 rings (SSSR count). The van der Waals surface area contributed by atoms with E-state index in [-0.39, 0.29) is 11.9 Å². The predicted octanol–water partition coefficient (Wildman–Crippen LogP) is 4.81. The Bertz CT molecular complexity index is 771. The molecule has 0 unspecified atom stereocenters. The Labute approximate surface area is 130 Å². The summed E-state index contributed by atoms with van der Waals surface area (Å²) in [6.45, 7) is 6.08. The molecule has 0 fully saturated rings. The van der Waals surface area contributed by atoms with Gasteiger partial charge in [0.25, 0.3) is 0 Å². The van der Waals surface area contributed by atoms with Gasteiger partial charge in [0.05, 0.1) is 11.6 Å². The van der Waals surface area contributed by atoms with E-state index in [4.69, 9.17) is 0 Å². The molecule has 1 aromatic heterocycles. The van der Waals surface area contributed by atoms with Crippen LogP contribution in [0.25, 0.3) is 22.4 Å². The Morgan fingerprint density at radius 3 is 2.14 bits per heavy atom. The highest BCUT2D eigenvalue weighted by atomic mass is 16.3. The summed E-state index contributed by atoms with van der Waals surface area (Å²) >= 11 is 0. The zero-order chi connectivity index (χ0) is 15.7. The van der Waals surface area contributed by atoms with Crippen LogP contribution in [0.5, 0.6) is 5.88 Å². The van der Waals surface area contributed by atoms with E-state index in [0.717, 1.165) is 22.4 Å². The lowest BCUT2D eigenvalue weighted by molar-refractivity contribution is 0.379.